The third-order valence-corrected chi connectivity index (χ3v) is 4.47. The molecule has 0 aliphatic heterocycles. The van der Waals surface area contributed by atoms with Gasteiger partial charge in [0.25, 0.3) is 0 Å². The molecule has 0 fully saturated rings. The number of methoxy groups -OCH3 is 4. The molecular weight excluding hydrogens is 322 g/mol. The quantitative estimate of drug-likeness (QED) is 0.570. The fraction of sp³-hybridized carbons (Fsp3) is 0.235. The molecule has 0 aromatic heterocycles. The summed E-state index contributed by atoms with van der Waals surface area (Å²) in [5.41, 5.74) is 0.358. The van der Waals surface area contributed by atoms with E-state index in [2.05, 4.69) is 0 Å². The second kappa shape index (κ2) is 9.59. The van der Waals surface area contributed by atoms with Crippen molar-refractivity contribution in [1.82, 2.24) is 0 Å². The number of carbonyl (C=O) groups excluding carboxylic acids is 1. The van der Waals surface area contributed by atoms with E-state index in [1.165, 1.54) is 14.2 Å². The first kappa shape index (κ1) is 20.4. The van der Waals surface area contributed by atoms with E-state index in [1.54, 1.807) is 44.6 Å². The minimum absolute atomic E-state index is 0. The van der Waals surface area contributed by atoms with Gasteiger partial charge >= 0.3 is 18.9 Å². The second-order valence-electron chi connectivity index (χ2n) is 4.56. The van der Waals surface area contributed by atoms with Crippen molar-refractivity contribution in [3.8, 4) is 23.0 Å². The fourth-order valence-electron chi connectivity index (χ4n) is 2.16. The van der Waals surface area contributed by atoms with E-state index < -0.39 is 0 Å². The Morgan fingerprint density at radius 1 is 0.833 bits per heavy atom. The van der Waals surface area contributed by atoms with Gasteiger partial charge in [0.1, 0.15) is 28.6 Å². The van der Waals surface area contributed by atoms with E-state index >= 15 is 0 Å². The van der Waals surface area contributed by atoms with Gasteiger partial charge in [-0.3, -0.25) is 4.79 Å². The van der Waals surface area contributed by atoms with Crippen molar-refractivity contribution in [2.75, 3.05) is 28.4 Å². The van der Waals surface area contributed by atoms with Crippen LogP contribution in [-0.4, -0.2) is 52.8 Å². The summed E-state index contributed by atoms with van der Waals surface area (Å²) in [4.78, 5) is 12.8. The van der Waals surface area contributed by atoms with Crippen LogP contribution in [0.5, 0.6) is 23.0 Å². The summed E-state index contributed by atoms with van der Waals surface area (Å²) < 4.78 is 21.1. The number of hydrogen-bond donors (Lipinski definition) is 0. The molecule has 124 valence electrons. The predicted octanol–water partition coefficient (Wildman–Crippen LogP) is 2.22. The van der Waals surface area contributed by atoms with Gasteiger partial charge in [0.15, 0.2) is 5.52 Å². The molecule has 0 bridgehead atoms. The van der Waals surface area contributed by atoms with Gasteiger partial charge in [-0.05, 0) is 32.8 Å². The minimum atomic E-state index is -0.122. The molecule has 0 spiro atoms. The maximum absolute atomic E-state index is 12.8. The topological polar surface area (TPSA) is 54.0 Å². The summed E-state index contributed by atoms with van der Waals surface area (Å²) in [5, 5.41) is 0.797. The summed E-state index contributed by atoms with van der Waals surface area (Å²) in [6, 6.07) is 10.7. The standard InChI is InChI=1S/C17H19O5P.Li.H/c1-19-11-8-9-15(14(10-11)22-4)23-17(18)16-12(20-2)6-5-7-13(16)21-3;;/h5-10,23H,1-4H3;;. The van der Waals surface area contributed by atoms with Crippen LogP contribution in [0.1, 0.15) is 10.4 Å². The average Bonchev–Trinajstić information content (AvgIpc) is 2.60. The first-order valence-corrected chi connectivity index (χ1v) is 7.89. The summed E-state index contributed by atoms with van der Waals surface area (Å²) in [5.74, 6) is 2.28. The van der Waals surface area contributed by atoms with Crippen LogP contribution in [0, 0.1) is 0 Å². The molecule has 24 heavy (non-hydrogen) atoms. The van der Waals surface area contributed by atoms with Gasteiger partial charge in [0.05, 0.1) is 28.4 Å². The molecule has 0 aliphatic rings. The Bertz CT molecular complexity index is 683. The molecule has 0 radical (unpaired) electrons. The molecule has 2 rings (SSSR count). The van der Waals surface area contributed by atoms with Gasteiger partial charge in [0, 0.05) is 11.4 Å². The van der Waals surface area contributed by atoms with Crippen LogP contribution in [0.25, 0.3) is 0 Å². The van der Waals surface area contributed by atoms with Crippen molar-refractivity contribution in [3.05, 3.63) is 42.0 Å². The third kappa shape index (κ3) is 4.45. The number of ether oxygens (including phenoxy) is 4. The summed E-state index contributed by atoms with van der Waals surface area (Å²) in [6.45, 7) is 0. The van der Waals surface area contributed by atoms with Gasteiger partial charge in [-0.2, -0.15) is 0 Å². The van der Waals surface area contributed by atoms with E-state index in [1.807, 2.05) is 6.07 Å². The van der Waals surface area contributed by atoms with Gasteiger partial charge in [-0.1, -0.05) is 6.07 Å². The molecular formula is C17H20LiO5P. The molecule has 2 aromatic rings. The van der Waals surface area contributed by atoms with Gasteiger partial charge in [0.2, 0.25) is 0 Å². The first-order valence-electron chi connectivity index (χ1n) is 6.89. The second-order valence-corrected chi connectivity index (χ2v) is 5.80. The Morgan fingerprint density at radius 2 is 1.42 bits per heavy atom. The van der Waals surface area contributed by atoms with Crippen LogP contribution in [-0.2, 0) is 0 Å². The van der Waals surface area contributed by atoms with Crippen LogP contribution in [0.3, 0.4) is 0 Å². The Labute approximate surface area is 155 Å². The molecule has 0 N–H and O–H groups in total. The van der Waals surface area contributed by atoms with Gasteiger partial charge < -0.3 is 18.9 Å². The van der Waals surface area contributed by atoms with Crippen molar-refractivity contribution in [1.29, 1.82) is 0 Å². The predicted molar refractivity (Wildman–Crippen MR) is 98.5 cm³/mol. The first-order chi connectivity index (χ1) is 11.1. The monoisotopic (exact) mass is 342 g/mol. The molecule has 0 heterocycles. The van der Waals surface area contributed by atoms with Crippen molar-refractivity contribution < 1.29 is 23.7 Å². The zero-order valence-corrected chi connectivity index (χ0v) is 14.5. The van der Waals surface area contributed by atoms with Crippen molar-refractivity contribution in [2.45, 2.75) is 0 Å². The molecule has 1 unspecified atom stereocenters. The van der Waals surface area contributed by atoms with Crippen molar-refractivity contribution in [3.63, 3.8) is 0 Å². The van der Waals surface area contributed by atoms with E-state index in [0.29, 0.717) is 28.6 Å². The molecule has 0 aliphatic carbocycles. The van der Waals surface area contributed by atoms with Gasteiger partial charge in [-0.25, -0.2) is 0 Å². The zero-order valence-electron chi connectivity index (χ0n) is 13.5. The number of rotatable bonds is 7. The molecule has 0 amide bonds. The van der Waals surface area contributed by atoms with Crippen LogP contribution < -0.4 is 24.3 Å². The maximum atomic E-state index is 12.8. The van der Waals surface area contributed by atoms with Crippen LogP contribution in [0.15, 0.2) is 36.4 Å². The molecule has 0 saturated heterocycles. The van der Waals surface area contributed by atoms with Crippen LogP contribution in [0.2, 0.25) is 0 Å². The van der Waals surface area contributed by atoms with E-state index in [4.69, 9.17) is 18.9 Å². The summed E-state index contributed by atoms with van der Waals surface area (Å²) in [6.07, 6.45) is 0. The molecule has 7 heteroatoms. The van der Waals surface area contributed by atoms with Crippen LogP contribution in [0.4, 0.5) is 0 Å². The van der Waals surface area contributed by atoms with E-state index in [9.17, 15) is 4.79 Å². The fourth-order valence-corrected chi connectivity index (χ4v) is 3.24. The Kier molecular flexibility index (Phi) is 8.14. The van der Waals surface area contributed by atoms with Crippen molar-refractivity contribution >= 4 is 38.3 Å². The average molecular weight is 342 g/mol. The molecule has 2 aromatic carbocycles. The Balaban J connectivity index is 0.00000288. The van der Waals surface area contributed by atoms with Crippen LogP contribution >= 0.6 is 8.58 Å². The Hall–Kier alpha value is -1.66. The molecule has 0 saturated carbocycles. The zero-order chi connectivity index (χ0) is 16.8. The normalized spacial score (nSPS) is 10.2. The number of hydrogen-bond acceptors (Lipinski definition) is 5. The SMILES string of the molecule is COc1ccc(PC(=O)c2c(OC)cccc2OC)c(OC)c1.[LiH]. The summed E-state index contributed by atoms with van der Waals surface area (Å²) in [7, 11) is 6.09. The van der Waals surface area contributed by atoms with E-state index in [0.717, 1.165) is 5.30 Å². The van der Waals surface area contributed by atoms with Gasteiger partial charge in [-0.15, -0.1) is 0 Å². The summed E-state index contributed by atoms with van der Waals surface area (Å²) >= 11 is 0. The Morgan fingerprint density at radius 3 is 1.92 bits per heavy atom. The van der Waals surface area contributed by atoms with E-state index in [-0.39, 0.29) is 33.0 Å². The number of carbonyl (C=O) groups is 1. The number of benzene rings is 2. The molecule has 1 atom stereocenters. The molecule has 5 nitrogen and oxygen atoms in total. The van der Waals surface area contributed by atoms with Crippen molar-refractivity contribution in [2.24, 2.45) is 0 Å². The third-order valence-electron chi connectivity index (χ3n) is 3.31.